The van der Waals surface area contributed by atoms with Crippen molar-refractivity contribution >= 4 is 17.3 Å². The summed E-state index contributed by atoms with van der Waals surface area (Å²) in [7, 11) is 0. The van der Waals surface area contributed by atoms with Crippen molar-refractivity contribution in [1.29, 1.82) is 0 Å². The van der Waals surface area contributed by atoms with Gasteiger partial charge in [-0.05, 0) is 85.7 Å². The van der Waals surface area contributed by atoms with Crippen LogP contribution in [0, 0.1) is 13.8 Å². The minimum atomic E-state index is -0.0624. The molecular weight excluding hydrogens is 414 g/mol. The molecule has 0 radical (unpaired) electrons. The summed E-state index contributed by atoms with van der Waals surface area (Å²) in [5.74, 6) is 0. The zero-order chi connectivity index (χ0) is 22.1. The highest BCUT2D eigenvalue weighted by atomic mass is 32.1. The van der Waals surface area contributed by atoms with Gasteiger partial charge in [0.1, 0.15) is 0 Å². The van der Waals surface area contributed by atoms with Crippen molar-refractivity contribution in [2.75, 3.05) is 0 Å². The van der Waals surface area contributed by atoms with Gasteiger partial charge in [0.25, 0.3) is 0 Å². The first-order valence-corrected chi connectivity index (χ1v) is 11.2. The zero-order valence-electron chi connectivity index (χ0n) is 18.1. The molecular formula is C26H25N5S. The Labute approximate surface area is 193 Å². The minimum absolute atomic E-state index is 0.0315. The summed E-state index contributed by atoms with van der Waals surface area (Å²) in [6, 6.07) is 22.8. The van der Waals surface area contributed by atoms with Gasteiger partial charge in [-0.15, -0.1) is 0 Å². The van der Waals surface area contributed by atoms with Gasteiger partial charge < -0.3 is 14.8 Å². The lowest BCUT2D eigenvalue weighted by atomic mass is 10.0. The third kappa shape index (κ3) is 3.78. The lowest BCUT2D eigenvalue weighted by Gasteiger charge is -2.28. The first-order chi connectivity index (χ1) is 15.6. The lowest BCUT2D eigenvalue weighted by molar-refractivity contribution is 0.299. The summed E-state index contributed by atoms with van der Waals surface area (Å²) in [5, 5.41) is 4.24. The number of rotatable bonds is 5. The first-order valence-electron chi connectivity index (χ1n) is 10.7. The number of hydrogen-bond acceptors (Lipinski definition) is 3. The van der Waals surface area contributed by atoms with Crippen LogP contribution in [0.15, 0.2) is 85.3 Å². The highest BCUT2D eigenvalue weighted by Gasteiger charge is 2.41. The highest BCUT2D eigenvalue weighted by molar-refractivity contribution is 7.80. The van der Waals surface area contributed by atoms with Crippen molar-refractivity contribution < 1.29 is 0 Å². The molecule has 0 amide bonds. The van der Waals surface area contributed by atoms with Gasteiger partial charge in [-0.25, -0.2) is 0 Å². The van der Waals surface area contributed by atoms with Crippen molar-refractivity contribution in [3.63, 3.8) is 0 Å². The fourth-order valence-electron chi connectivity index (χ4n) is 4.31. The molecule has 160 valence electrons. The van der Waals surface area contributed by atoms with Crippen LogP contribution >= 0.6 is 12.2 Å². The smallest absolute Gasteiger partial charge is 0.170 e. The van der Waals surface area contributed by atoms with Gasteiger partial charge in [-0.3, -0.25) is 9.97 Å². The van der Waals surface area contributed by atoms with Crippen molar-refractivity contribution in [3.8, 4) is 5.69 Å². The number of aromatic nitrogens is 3. The van der Waals surface area contributed by atoms with E-state index in [1.165, 1.54) is 11.1 Å². The van der Waals surface area contributed by atoms with Gasteiger partial charge in [0.2, 0.25) is 0 Å². The molecule has 4 aromatic rings. The summed E-state index contributed by atoms with van der Waals surface area (Å²) in [5.41, 5.74) is 6.81. The average molecular weight is 440 g/mol. The number of pyridine rings is 2. The Balaban J connectivity index is 1.61. The molecule has 1 aliphatic rings. The van der Waals surface area contributed by atoms with Crippen molar-refractivity contribution in [2.24, 2.45) is 0 Å². The minimum Gasteiger partial charge on any atom is -0.352 e. The number of benzene rings is 1. The number of aryl methyl sites for hydroxylation is 2. The van der Waals surface area contributed by atoms with Crippen LogP contribution < -0.4 is 5.32 Å². The molecule has 5 rings (SSSR count). The van der Waals surface area contributed by atoms with Crippen LogP contribution in [0.4, 0.5) is 0 Å². The Hall–Kier alpha value is -3.51. The summed E-state index contributed by atoms with van der Waals surface area (Å²) in [4.78, 5) is 11.4. The number of nitrogens with one attached hydrogen (secondary N) is 1. The van der Waals surface area contributed by atoms with Crippen LogP contribution in [0.1, 0.15) is 40.3 Å². The van der Waals surface area contributed by atoms with Gasteiger partial charge in [0.05, 0.1) is 30.0 Å². The van der Waals surface area contributed by atoms with Crippen LogP contribution in [-0.2, 0) is 6.54 Å². The standard InChI is InChI=1S/C26H25N5S/c1-18-11-12-21(16-19(18)2)30-15-7-10-23(30)25-24(22-9-4-6-14-28-22)29-26(32)31(25)17-20-8-3-5-13-27-20/h3-16,24-25H,17H2,1-2H3,(H,29,32)/t24-,25+/m0/s1. The van der Waals surface area contributed by atoms with Crippen LogP contribution in [0.25, 0.3) is 5.69 Å². The highest BCUT2D eigenvalue weighted by Crippen LogP contribution is 2.40. The van der Waals surface area contributed by atoms with Crippen LogP contribution in [0.2, 0.25) is 0 Å². The molecule has 0 unspecified atom stereocenters. The first kappa shape index (κ1) is 20.4. The molecule has 4 heterocycles. The molecule has 6 heteroatoms. The van der Waals surface area contributed by atoms with Crippen LogP contribution in [0.3, 0.4) is 0 Å². The summed E-state index contributed by atoms with van der Waals surface area (Å²) < 4.78 is 2.26. The second kappa shape index (κ2) is 8.55. The zero-order valence-corrected chi connectivity index (χ0v) is 19.0. The monoisotopic (exact) mass is 439 g/mol. The maximum absolute atomic E-state index is 5.82. The molecule has 5 nitrogen and oxygen atoms in total. The van der Waals surface area contributed by atoms with E-state index in [1.807, 2.05) is 42.7 Å². The normalized spacial score (nSPS) is 18.1. The van der Waals surface area contributed by atoms with Crippen molar-refractivity contribution in [2.45, 2.75) is 32.5 Å². The third-order valence-electron chi connectivity index (χ3n) is 6.11. The van der Waals surface area contributed by atoms with E-state index in [9.17, 15) is 0 Å². The van der Waals surface area contributed by atoms with E-state index >= 15 is 0 Å². The molecule has 1 saturated heterocycles. The number of thiocarbonyl (C=S) groups is 1. The summed E-state index contributed by atoms with van der Waals surface area (Å²) in [6.07, 6.45) is 5.78. The Morgan fingerprint density at radius 3 is 2.44 bits per heavy atom. The molecule has 3 aromatic heterocycles. The quantitative estimate of drug-likeness (QED) is 0.441. The topological polar surface area (TPSA) is 46.0 Å². The Morgan fingerprint density at radius 2 is 1.72 bits per heavy atom. The van der Waals surface area contributed by atoms with Gasteiger partial charge >= 0.3 is 0 Å². The third-order valence-corrected chi connectivity index (χ3v) is 6.46. The van der Waals surface area contributed by atoms with Gasteiger partial charge in [-0.2, -0.15) is 0 Å². The Bertz CT molecular complexity index is 1240. The number of nitrogens with zero attached hydrogens (tertiary/aromatic N) is 4. The van der Waals surface area contributed by atoms with E-state index in [0.717, 1.165) is 22.8 Å². The van der Waals surface area contributed by atoms with Gasteiger partial charge in [-0.1, -0.05) is 18.2 Å². The molecule has 1 aromatic carbocycles. The van der Waals surface area contributed by atoms with Crippen LogP contribution in [-0.4, -0.2) is 24.5 Å². The fraction of sp³-hybridized carbons (Fsp3) is 0.192. The van der Waals surface area contributed by atoms with Crippen LogP contribution in [0.5, 0.6) is 0 Å². The molecule has 0 bridgehead atoms. The Morgan fingerprint density at radius 1 is 0.906 bits per heavy atom. The largest absolute Gasteiger partial charge is 0.352 e. The molecule has 1 fully saturated rings. The predicted octanol–water partition coefficient (Wildman–Crippen LogP) is 5.06. The predicted molar refractivity (Wildman–Crippen MR) is 130 cm³/mol. The summed E-state index contributed by atoms with van der Waals surface area (Å²) in [6.45, 7) is 4.91. The maximum atomic E-state index is 5.82. The molecule has 1 aliphatic heterocycles. The Kier molecular flexibility index (Phi) is 5.45. The molecule has 32 heavy (non-hydrogen) atoms. The van der Waals surface area contributed by atoms with E-state index in [4.69, 9.17) is 12.2 Å². The SMILES string of the molecule is Cc1ccc(-n2cccc2[C@@H]2[C@H](c3ccccn3)NC(=S)N2Cc2ccccn2)cc1C. The van der Waals surface area contributed by atoms with Gasteiger partial charge in [0.15, 0.2) is 5.11 Å². The maximum Gasteiger partial charge on any atom is 0.170 e. The molecule has 2 atom stereocenters. The van der Waals surface area contributed by atoms with Gasteiger partial charge in [0, 0.05) is 30.0 Å². The fourth-order valence-corrected chi connectivity index (χ4v) is 4.61. The second-order valence-corrected chi connectivity index (χ2v) is 8.53. The molecule has 1 N–H and O–H groups in total. The van der Waals surface area contributed by atoms with E-state index in [-0.39, 0.29) is 12.1 Å². The second-order valence-electron chi connectivity index (χ2n) is 8.15. The van der Waals surface area contributed by atoms with E-state index in [0.29, 0.717) is 11.7 Å². The number of hydrogen-bond donors (Lipinski definition) is 1. The average Bonchev–Trinajstić information content (AvgIpc) is 3.42. The van der Waals surface area contributed by atoms with Crippen molar-refractivity contribution in [1.82, 2.24) is 24.8 Å². The van der Waals surface area contributed by atoms with E-state index in [1.54, 1.807) is 0 Å². The van der Waals surface area contributed by atoms with Crippen molar-refractivity contribution in [3.05, 3.63) is 114 Å². The molecule has 0 saturated carbocycles. The molecule has 0 aliphatic carbocycles. The summed E-state index contributed by atoms with van der Waals surface area (Å²) >= 11 is 5.82. The van der Waals surface area contributed by atoms with E-state index < -0.39 is 0 Å². The van der Waals surface area contributed by atoms with E-state index in [2.05, 4.69) is 81.2 Å². The molecule has 0 spiro atoms. The lowest BCUT2D eigenvalue weighted by Crippen LogP contribution is -2.30.